The molecule has 0 aliphatic rings. The standard InChI is InChI=1S/C7H16ClN.ClH/c1-3-7(2)6-9-5-4-8;/h7,9H,3-6H2,1-2H3;1H. The molecule has 3 heteroatoms. The lowest BCUT2D eigenvalue weighted by atomic mass is 10.1. The number of hydrogen-bond donors (Lipinski definition) is 1. The third-order valence-corrected chi connectivity index (χ3v) is 1.65. The minimum Gasteiger partial charge on any atom is -0.315 e. The fourth-order valence-electron chi connectivity index (χ4n) is 0.560. The molecule has 0 saturated carbocycles. The molecule has 0 rings (SSSR count). The van der Waals surface area contributed by atoms with Crippen molar-refractivity contribution in [2.75, 3.05) is 19.0 Å². The van der Waals surface area contributed by atoms with Gasteiger partial charge in [0.25, 0.3) is 0 Å². The lowest BCUT2D eigenvalue weighted by Crippen LogP contribution is -2.22. The van der Waals surface area contributed by atoms with Gasteiger partial charge >= 0.3 is 0 Å². The van der Waals surface area contributed by atoms with E-state index in [-0.39, 0.29) is 12.4 Å². The van der Waals surface area contributed by atoms with Gasteiger partial charge in [-0.25, -0.2) is 0 Å². The molecule has 0 aromatic heterocycles. The lowest BCUT2D eigenvalue weighted by molar-refractivity contribution is 0.510. The van der Waals surface area contributed by atoms with Crippen molar-refractivity contribution in [1.82, 2.24) is 5.32 Å². The minimum atomic E-state index is 0. The summed E-state index contributed by atoms with van der Waals surface area (Å²) in [7, 11) is 0. The first-order valence-corrected chi connectivity index (χ1v) is 4.11. The Morgan fingerprint density at radius 3 is 2.50 bits per heavy atom. The second-order valence-corrected chi connectivity index (χ2v) is 2.78. The SMILES string of the molecule is CCC(C)CNCCCl.Cl. The highest BCUT2D eigenvalue weighted by Crippen LogP contribution is 1.96. The molecular weight excluding hydrogens is 169 g/mol. The molecule has 0 fully saturated rings. The highest BCUT2D eigenvalue weighted by atomic mass is 35.5. The average molecular weight is 186 g/mol. The van der Waals surface area contributed by atoms with Crippen LogP contribution < -0.4 is 5.32 Å². The molecule has 64 valence electrons. The first kappa shape index (κ1) is 13.2. The van der Waals surface area contributed by atoms with Crippen LogP contribution in [0.3, 0.4) is 0 Å². The van der Waals surface area contributed by atoms with Gasteiger partial charge in [0.05, 0.1) is 0 Å². The van der Waals surface area contributed by atoms with Gasteiger partial charge in [-0.2, -0.15) is 0 Å². The fourth-order valence-corrected chi connectivity index (χ4v) is 0.693. The van der Waals surface area contributed by atoms with Gasteiger partial charge in [0, 0.05) is 12.4 Å². The van der Waals surface area contributed by atoms with E-state index in [2.05, 4.69) is 19.2 Å². The Labute approximate surface area is 74.9 Å². The van der Waals surface area contributed by atoms with E-state index in [1.807, 2.05) is 0 Å². The maximum atomic E-state index is 5.47. The summed E-state index contributed by atoms with van der Waals surface area (Å²) in [5, 5.41) is 3.25. The zero-order valence-electron chi connectivity index (χ0n) is 6.69. The fraction of sp³-hybridized carbons (Fsp3) is 1.00. The minimum absolute atomic E-state index is 0. The molecule has 0 aromatic rings. The van der Waals surface area contributed by atoms with Gasteiger partial charge in [-0.3, -0.25) is 0 Å². The Morgan fingerprint density at radius 1 is 1.50 bits per heavy atom. The van der Waals surface area contributed by atoms with E-state index in [4.69, 9.17) is 11.6 Å². The van der Waals surface area contributed by atoms with E-state index < -0.39 is 0 Å². The largest absolute Gasteiger partial charge is 0.315 e. The Hall–Kier alpha value is 0.540. The summed E-state index contributed by atoms with van der Waals surface area (Å²) in [5.74, 6) is 1.50. The van der Waals surface area contributed by atoms with Crippen LogP contribution >= 0.6 is 24.0 Å². The summed E-state index contributed by atoms with van der Waals surface area (Å²) in [6.07, 6.45) is 1.25. The molecule has 0 radical (unpaired) electrons. The molecule has 1 nitrogen and oxygen atoms in total. The summed E-state index contributed by atoms with van der Waals surface area (Å²) in [6, 6.07) is 0. The Kier molecular flexibility index (Phi) is 12.5. The van der Waals surface area contributed by atoms with Crippen molar-refractivity contribution < 1.29 is 0 Å². The predicted molar refractivity (Wildman–Crippen MR) is 50.3 cm³/mol. The molecular formula is C7H17Cl2N. The molecule has 0 aliphatic carbocycles. The van der Waals surface area contributed by atoms with Crippen LogP contribution in [0.2, 0.25) is 0 Å². The van der Waals surface area contributed by atoms with Gasteiger partial charge in [-0.1, -0.05) is 20.3 Å². The van der Waals surface area contributed by atoms with Crippen molar-refractivity contribution in [1.29, 1.82) is 0 Å². The first-order chi connectivity index (χ1) is 4.31. The highest BCUT2D eigenvalue weighted by Gasteiger charge is 1.94. The molecule has 0 spiro atoms. The van der Waals surface area contributed by atoms with Crippen LogP contribution in [0.5, 0.6) is 0 Å². The van der Waals surface area contributed by atoms with Crippen LogP contribution in [0, 0.1) is 5.92 Å². The van der Waals surface area contributed by atoms with E-state index in [1.165, 1.54) is 6.42 Å². The Balaban J connectivity index is 0. The normalized spacial score (nSPS) is 12.3. The van der Waals surface area contributed by atoms with Crippen molar-refractivity contribution in [2.24, 2.45) is 5.92 Å². The van der Waals surface area contributed by atoms with Gasteiger partial charge in [0.2, 0.25) is 0 Å². The van der Waals surface area contributed by atoms with Gasteiger partial charge in [-0.15, -0.1) is 24.0 Å². The quantitative estimate of drug-likeness (QED) is 0.513. The van der Waals surface area contributed by atoms with Crippen molar-refractivity contribution >= 4 is 24.0 Å². The van der Waals surface area contributed by atoms with Crippen LogP contribution in [0.1, 0.15) is 20.3 Å². The number of halogens is 2. The molecule has 0 saturated heterocycles. The van der Waals surface area contributed by atoms with Crippen LogP contribution in [0.4, 0.5) is 0 Å². The zero-order chi connectivity index (χ0) is 7.11. The first-order valence-electron chi connectivity index (χ1n) is 3.58. The lowest BCUT2D eigenvalue weighted by Gasteiger charge is -2.07. The summed E-state index contributed by atoms with van der Waals surface area (Å²) >= 11 is 5.47. The van der Waals surface area contributed by atoms with E-state index in [0.29, 0.717) is 0 Å². The Bertz CT molecular complexity index is 59.6. The smallest absolute Gasteiger partial charge is 0.0348 e. The number of nitrogens with one attached hydrogen (secondary N) is 1. The monoisotopic (exact) mass is 185 g/mol. The summed E-state index contributed by atoms with van der Waals surface area (Å²) < 4.78 is 0. The zero-order valence-corrected chi connectivity index (χ0v) is 8.26. The van der Waals surface area contributed by atoms with Gasteiger partial charge < -0.3 is 5.32 Å². The predicted octanol–water partition coefficient (Wildman–Crippen LogP) is 2.28. The van der Waals surface area contributed by atoms with Gasteiger partial charge in [0.1, 0.15) is 0 Å². The topological polar surface area (TPSA) is 12.0 Å². The molecule has 0 amide bonds. The van der Waals surface area contributed by atoms with Crippen molar-refractivity contribution in [2.45, 2.75) is 20.3 Å². The van der Waals surface area contributed by atoms with Crippen molar-refractivity contribution in [3.63, 3.8) is 0 Å². The van der Waals surface area contributed by atoms with Crippen molar-refractivity contribution in [3.05, 3.63) is 0 Å². The molecule has 1 atom stereocenters. The number of rotatable bonds is 5. The molecule has 0 aliphatic heterocycles. The van der Waals surface area contributed by atoms with Crippen LogP contribution in [0.15, 0.2) is 0 Å². The van der Waals surface area contributed by atoms with E-state index in [1.54, 1.807) is 0 Å². The third-order valence-electron chi connectivity index (χ3n) is 1.46. The molecule has 1 N–H and O–H groups in total. The maximum Gasteiger partial charge on any atom is 0.0348 e. The molecule has 0 heterocycles. The number of hydrogen-bond acceptors (Lipinski definition) is 1. The highest BCUT2D eigenvalue weighted by molar-refractivity contribution is 6.18. The summed E-state index contributed by atoms with van der Waals surface area (Å²) in [4.78, 5) is 0. The third kappa shape index (κ3) is 8.54. The average Bonchev–Trinajstić information content (AvgIpc) is 1.89. The van der Waals surface area contributed by atoms with E-state index in [0.717, 1.165) is 24.9 Å². The summed E-state index contributed by atoms with van der Waals surface area (Å²) in [5.41, 5.74) is 0. The van der Waals surface area contributed by atoms with Crippen molar-refractivity contribution in [3.8, 4) is 0 Å². The van der Waals surface area contributed by atoms with Gasteiger partial charge in [0.15, 0.2) is 0 Å². The van der Waals surface area contributed by atoms with Crippen LogP contribution in [-0.4, -0.2) is 19.0 Å². The maximum absolute atomic E-state index is 5.47. The van der Waals surface area contributed by atoms with Crippen LogP contribution in [-0.2, 0) is 0 Å². The molecule has 1 unspecified atom stereocenters. The Morgan fingerprint density at radius 2 is 2.10 bits per heavy atom. The van der Waals surface area contributed by atoms with Crippen LogP contribution in [0.25, 0.3) is 0 Å². The van der Waals surface area contributed by atoms with Gasteiger partial charge in [-0.05, 0) is 12.5 Å². The van der Waals surface area contributed by atoms with E-state index in [9.17, 15) is 0 Å². The molecule has 10 heavy (non-hydrogen) atoms. The summed E-state index contributed by atoms with van der Waals surface area (Å²) in [6.45, 7) is 6.48. The number of alkyl halides is 1. The second kappa shape index (κ2) is 9.54. The molecule has 0 bridgehead atoms. The van der Waals surface area contributed by atoms with E-state index >= 15 is 0 Å². The molecule has 0 aromatic carbocycles. The second-order valence-electron chi connectivity index (χ2n) is 2.41.